The highest BCUT2D eigenvalue weighted by atomic mass is 35.5. The molecular formula is C21H21Cl2N5O. The first-order chi connectivity index (χ1) is 14.1. The van der Waals surface area contributed by atoms with Crippen molar-refractivity contribution in [1.82, 2.24) is 25.1 Å². The van der Waals surface area contributed by atoms with Crippen LogP contribution in [0.25, 0.3) is 11.4 Å². The first-order valence-corrected chi connectivity index (χ1v) is 10.4. The van der Waals surface area contributed by atoms with Gasteiger partial charge in [-0.05, 0) is 42.2 Å². The van der Waals surface area contributed by atoms with E-state index in [-0.39, 0.29) is 11.9 Å². The predicted octanol–water partition coefficient (Wildman–Crippen LogP) is 4.79. The maximum atomic E-state index is 12.8. The van der Waals surface area contributed by atoms with Crippen molar-refractivity contribution in [2.45, 2.75) is 38.3 Å². The molecule has 0 radical (unpaired) electrons. The van der Waals surface area contributed by atoms with E-state index in [0.29, 0.717) is 35.3 Å². The van der Waals surface area contributed by atoms with Crippen LogP contribution in [0.3, 0.4) is 0 Å². The lowest BCUT2D eigenvalue weighted by Gasteiger charge is -2.25. The van der Waals surface area contributed by atoms with Crippen LogP contribution in [0.15, 0.2) is 48.5 Å². The summed E-state index contributed by atoms with van der Waals surface area (Å²) in [6.07, 6.45) is 3.03. The highest BCUT2D eigenvalue weighted by molar-refractivity contribution is 6.42. The number of aromatic nitrogens is 4. The maximum Gasteiger partial charge on any atom is 0.223 e. The summed E-state index contributed by atoms with van der Waals surface area (Å²) in [5, 5.41) is 13.6. The Morgan fingerprint density at radius 1 is 1.10 bits per heavy atom. The minimum Gasteiger partial charge on any atom is -0.336 e. The molecule has 150 valence electrons. The molecule has 8 heteroatoms. The fraction of sp³-hybridized carbons (Fsp3) is 0.333. The number of hydrogen-bond acceptors (Lipinski definition) is 4. The van der Waals surface area contributed by atoms with Gasteiger partial charge in [0.2, 0.25) is 11.7 Å². The molecule has 0 aliphatic carbocycles. The lowest BCUT2D eigenvalue weighted by Crippen LogP contribution is -2.30. The summed E-state index contributed by atoms with van der Waals surface area (Å²) >= 11 is 12.2. The summed E-state index contributed by atoms with van der Waals surface area (Å²) in [6, 6.07) is 15.4. The summed E-state index contributed by atoms with van der Waals surface area (Å²) < 4.78 is 0. The van der Waals surface area contributed by atoms with Crippen LogP contribution in [-0.4, -0.2) is 37.6 Å². The van der Waals surface area contributed by atoms with E-state index >= 15 is 0 Å². The van der Waals surface area contributed by atoms with E-state index in [1.54, 1.807) is 10.9 Å². The Balaban J connectivity index is 1.33. The van der Waals surface area contributed by atoms with E-state index in [0.717, 1.165) is 30.5 Å². The highest BCUT2D eigenvalue weighted by Crippen LogP contribution is 2.35. The molecule has 0 N–H and O–H groups in total. The second kappa shape index (κ2) is 8.93. The third kappa shape index (κ3) is 4.60. The van der Waals surface area contributed by atoms with Crippen LogP contribution in [0.4, 0.5) is 0 Å². The Bertz CT molecular complexity index is 992. The third-order valence-corrected chi connectivity index (χ3v) is 5.87. The second-order valence-corrected chi connectivity index (χ2v) is 7.91. The van der Waals surface area contributed by atoms with Crippen molar-refractivity contribution in [2.75, 3.05) is 6.54 Å². The molecule has 1 saturated heterocycles. The lowest BCUT2D eigenvalue weighted by molar-refractivity contribution is -0.132. The molecule has 1 amide bonds. The third-order valence-electron chi connectivity index (χ3n) is 5.14. The molecule has 1 fully saturated rings. The molecule has 0 spiro atoms. The van der Waals surface area contributed by atoms with Gasteiger partial charge < -0.3 is 4.90 Å². The summed E-state index contributed by atoms with van der Waals surface area (Å²) in [4.78, 5) is 16.3. The average molecular weight is 430 g/mol. The Morgan fingerprint density at radius 2 is 1.93 bits per heavy atom. The molecule has 1 atom stereocenters. The fourth-order valence-electron chi connectivity index (χ4n) is 3.69. The van der Waals surface area contributed by atoms with Gasteiger partial charge in [-0.1, -0.05) is 59.6 Å². The summed E-state index contributed by atoms with van der Waals surface area (Å²) in [6.45, 7) is 1.32. The molecule has 2 heterocycles. The largest absolute Gasteiger partial charge is 0.336 e. The minimum atomic E-state index is 0.0615. The van der Waals surface area contributed by atoms with Gasteiger partial charge in [0.05, 0.1) is 22.6 Å². The number of aryl methyl sites for hydroxylation is 1. The van der Waals surface area contributed by atoms with Crippen LogP contribution < -0.4 is 0 Å². The minimum absolute atomic E-state index is 0.0615. The van der Waals surface area contributed by atoms with E-state index < -0.39 is 0 Å². The van der Waals surface area contributed by atoms with Crippen molar-refractivity contribution >= 4 is 29.1 Å². The molecule has 2 aromatic carbocycles. The number of amides is 1. The van der Waals surface area contributed by atoms with E-state index in [2.05, 4.69) is 15.4 Å². The molecule has 1 unspecified atom stereocenters. The quantitative estimate of drug-likeness (QED) is 0.564. The normalized spacial score (nSPS) is 16.3. The van der Waals surface area contributed by atoms with Gasteiger partial charge in [0, 0.05) is 18.5 Å². The van der Waals surface area contributed by atoms with Crippen molar-refractivity contribution in [2.24, 2.45) is 0 Å². The van der Waals surface area contributed by atoms with Crippen LogP contribution in [0.2, 0.25) is 10.0 Å². The molecule has 29 heavy (non-hydrogen) atoms. The van der Waals surface area contributed by atoms with Crippen molar-refractivity contribution in [1.29, 1.82) is 0 Å². The first-order valence-electron chi connectivity index (χ1n) is 9.69. The molecular weight excluding hydrogens is 409 g/mol. The molecule has 1 aliphatic heterocycles. The summed E-state index contributed by atoms with van der Waals surface area (Å²) in [7, 11) is 0. The number of nitrogens with zero attached hydrogens (tertiary/aromatic N) is 5. The van der Waals surface area contributed by atoms with Gasteiger partial charge in [0.1, 0.15) is 0 Å². The molecule has 6 nitrogen and oxygen atoms in total. The first kappa shape index (κ1) is 19.9. The lowest BCUT2D eigenvalue weighted by atomic mass is 10.0. The fourth-order valence-corrected chi connectivity index (χ4v) is 3.99. The van der Waals surface area contributed by atoms with Crippen LogP contribution >= 0.6 is 23.2 Å². The molecule has 0 saturated carbocycles. The van der Waals surface area contributed by atoms with E-state index in [4.69, 9.17) is 23.2 Å². The number of halogens is 2. The zero-order valence-corrected chi connectivity index (χ0v) is 17.4. The molecule has 0 bridgehead atoms. The number of likely N-dealkylation sites (tertiary alicyclic amines) is 1. The molecule has 1 aliphatic rings. The van der Waals surface area contributed by atoms with Crippen LogP contribution in [0, 0.1) is 0 Å². The van der Waals surface area contributed by atoms with Crippen LogP contribution in [0.1, 0.15) is 37.3 Å². The number of carbonyl (C=O) groups excluding carboxylic acids is 1. The van der Waals surface area contributed by atoms with Crippen molar-refractivity contribution in [3.8, 4) is 11.4 Å². The Hall–Kier alpha value is -2.44. The van der Waals surface area contributed by atoms with Gasteiger partial charge >= 0.3 is 0 Å². The Labute approximate surface area is 179 Å². The summed E-state index contributed by atoms with van der Waals surface area (Å²) in [5.74, 6) is 0.734. The Morgan fingerprint density at radius 3 is 2.72 bits per heavy atom. The van der Waals surface area contributed by atoms with E-state index in [9.17, 15) is 4.79 Å². The Kier molecular flexibility index (Phi) is 6.11. The van der Waals surface area contributed by atoms with Gasteiger partial charge in [-0.3, -0.25) is 4.79 Å². The van der Waals surface area contributed by atoms with Crippen LogP contribution in [-0.2, 0) is 11.3 Å². The zero-order chi connectivity index (χ0) is 20.2. The zero-order valence-electron chi connectivity index (χ0n) is 15.8. The van der Waals surface area contributed by atoms with Gasteiger partial charge in [-0.15, -0.1) is 10.2 Å². The molecule has 3 aromatic rings. The number of benzene rings is 2. The highest BCUT2D eigenvalue weighted by Gasteiger charge is 2.29. The maximum absolute atomic E-state index is 12.8. The number of hydrogen-bond donors (Lipinski definition) is 0. The molecule has 1 aromatic heterocycles. The number of carbonyl (C=O) groups is 1. The van der Waals surface area contributed by atoms with Gasteiger partial charge in [0.15, 0.2) is 0 Å². The van der Waals surface area contributed by atoms with E-state index in [1.807, 2.05) is 47.4 Å². The predicted molar refractivity (Wildman–Crippen MR) is 113 cm³/mol. The second-order valence-electron chi connectivity index (χ2n) is 7.10. The monoisotopic (exact) mass is 429 g/mol. The molecule has 4 rings (SSSR count). The van der Waals surface area contributed by atoms with Crippen molar-refractivity contribution in [3.63, 3.8) is 0 Å². The standard InChI is InChI=1S/C21H21Cl2N5O/c22-17-11-10-16(14-18(17)23)19-8-4-12-27(19)20(29)9-5-13-28-25-21(24-26-28)15-6-2-1-3-7-15/h1-3,6-7,10-11,14,19H,4-5,8-9,12-13H2. The smallest absolute Gasteiger partial charge is 0.223 e. The average Bonchev–Trinajstić information content (AvgIpc) is 3.40. The topological polar surface area (TPSA) is 63.9 Å². The summed E-state index contributed by atoms with van der Waals surface area (Å²) in [5.41, 5.74) is 1.96. The SMILES string of the molecule is O=C(CCCn1nnc(-c2ccccc2)n1)N1CCCC1c1ccc(Cl)c(Cl)c1. The van der Waals surface area contributed by atoms with Gasteiger partial charge in [0.25, 0.3) is 0 Å². The van der Waals surface area contributed by atoms with E-state index in [1.165, 1.54) is 0 Å². The number of rotatable bonds is 6. The van der Waals surface area contributed by atoms with Crippen LogP contribution in [0.5, 0.6) is 0 Å². The van der Waals surface area contributed by atoms with Crippen molar-refractivity contribution in [3.05, 3.63) is 64.1 Å². The van der Waals surface area contributed by atoms with Crippen molar-refractivity contribution < 1.29 is 4.79 Å². The van der Waals surface area contributed by atoms with Gasteiger partial charge in [-0.2, -0.15) is 4.80 Å². The number of tetrazole rings is 1. The van der Waals surface area contributed by atoms with Gasteiger partial charge in [-0.25, -0.2) is 0 Å².